The summed E-state index contributed by atoms with van der Waals surface area (Å²) in [6.07, 6.45) is 5.61. The first-order valence-corrected chi connectivity index (χ1v) is 8.68. The van der Waals surface area contributed by atoms with Crippen molar-refractivity contribution >= 4 is 10.0 Å². The van der Waals surface area contributed by atoms with Crippen molar-refractivity contribution in [3.8, 4) is 5.69 Å². The summed E-state index contributed by atoms with van der Waals surface area (Å²) < 4.78 is 29.4. The number of rotatable bonds is 4. The van der Waals surface area contributed by atoms with E-state index in [-0.39, 0.29) is 10.9 Å². The van der Waals surface area contributed by atoms with E-state index < -0.39 is 10.0 Å². The summed E-state index contributed by atoms with van der Waals surface area (Å²) in [6.45, 7) is 1.72. The second-order valence-corrected chi connectivity index (χ2v) is 7.14. The van der Waals surface area contributed by atoms with Crippen LogP contribution >= 0.6 is 0 Å². The Kier molecular flexibility index (Phi) is 3.82. The molecule has 1 N–H and O–H groups in total. The molecular formula is C15H19N3O2S. The summed E-state index contributed by atoms with van der Waals surface area (Å²) in [5.41, 5.74) is 1.37. The number of nitrogens with zero attached hydrogens (tertiary/aromatic N) is 2. The van der Waals surface area contributed by atoms with E-state index in [9.17, 15) is 8.42 Å². The van der Waals surface area contributed by atoms with Gasteiger partial charge in [-0.15, -0.1) is 0 Å². The van der Waals surface area contributed by atoms with Gasteiger partial charge in [-0.2, -0.15) is 5.10 Å². The molecule has 1 aromatic carbocycles. The highest BCUT2D eigenvalue weighted by molar-refractivity contribution is 7.89. The van der Waals surface area contributed by atoms with Crippen LogP contribution in [-0.4, -0.2) is 24.2 Å². The van der Waals surface area contributed by atoms with Crippen molar-refractivity contribution in [3.63, 3.8) is 0 Å². The van der Waals surface area contributed by atoms with Crippen molar-refractivity contribution in [2.24, 2.45) is 0 Å². The van der Waals surface area contributed by atoms with Crippen LogP contribution in [0.15, 0.2) is 41.4 Å². The second kappa shape index (κ2) is 5.61. The van der Waals surface area contributed by atoms with Crippen molar-refractivity contribution in [2.45, 2.75) is 43.5 Å². The molecule has 1 saturated carbocycles. The summed E-state index contributed by atoms with van der Waals surface area (Å²) in [4.78, 5) is 0.262. The van der Waals surface area contributed by atoms with E-state index in [1.54, 1.807) is 17.8 Å². The van der Waals surface area contributed by atoms with Gasteiger partial charge < -0.3 is 0 Å². The molecule has 112 valence electrons. The number of benzene rings is 1. The molecule has 2 aromatic rings. The Morgan fingerprint density at radius 2 is 1.86 bits per heavy atom. The molecule has 0 unspecified atom stereocenters. The third-order valence-corrected chi connectivity index (χ3v) is 5.46. The van der Waals surface area contributed by atoms with E-state index in [1.807, 2.05) is 30.3 Å². The van der Waals surface area contributed by atoms with E-state index in [1.165, 1.54) is 0 Å². The lowest BCUT2D eigenvalue weighted by Crippen LogP contribution is -2.32. The maximum Gasteiger partial charge on any atom is 0.244 e. The van der Waals surface area contributed by atoms with Crippen LogP contribution in [0.1, 0.15) is 31.4 Å². The zero-order valence-corrected chi connectivity index (χ0v) is 12.8. The first-order valence-electron chi connectivity index (χ1n) is 7.20. The lowest BCUT2D eigenvalue weighted by Gasteiger charge is -2.11. The number of hydrogen-bond acceptors (Lipinski definition) is 3. The summed E-state index contributed by atoms with van der Waals surface area (Å²) >= 11 is 0. The minimum atomic E-state index is -3.49. The van der Waals surface area contributed by atoms with Gasteiger partial charge in [0.05, 0.1) is 17.6 Å². The highest BCUT2D eigenvalue weighted by Crippen LogP contribution is 2.22. The van der Waals surface area contributed by atoms with Crippen molar-refractivity contribution in [1.82, 2.24) is 14.5 Å². The molecule has 0 bridgehead atoms. The van der Waals surface area contributed by atoms with Gasteiger partial charge in [0, 0.05) is 6.04 Å². The van der Waals surface area contributed by atoms with E-state index in [0.717, 1.165) is 31.4 Å². The monoisotopic (exact) mass is 305 g/mol. The average Bonchev–Trinajstić information content (AvgIpc) is 3.09. The molecule has 1 heterocycles. The van der Waals surface area contributed by atoms with E-state index in [0.29, 0.717) is 5.69 Å². The van der Waals surface area contributed by atoms with Gasteiger partial charge in [-0.1, -0.05) is 31.0 Å². The zero-order chi connectivity index (χ0) is 14.9. The molecule has 1 fully saturated rings. The number of hydrogen-bond donors (Lipinski definition) is 1. The molecule has 5 nitrogen and oxygen atoms in total. The normalized spacial score (nSPS) is 16.4. The van der Waals surface area contributed by atoms with Crippen LogP contribution in [0.3, 0.4) is 0 Å². The van der Waals surface area contributed by atoms with Gasteiger partial charge in [0.25, 0.3) is 0 Å². The Labute approximate surface area is 125 Å². The van der Waals surface area contributed by atoms with Crippen molar-refractivity contribution in [1.29, 1.82) is 0 Å². The maximum atomic E-state index is 12.5. The minimum Gasteiger partial charge on any atom is -0.239 e. The van der Waals surface area contributed by atoms with Crippen LogP contribution in [0.25, 0.3) is 5.69 Å². The number of nitrogens with one attached hydrogen (secondary N) is 1. The Morgan fingerprint density at radius 3 is 2.52 bits per heavy atom. The quantitative estimate of drug-likeness (QED) is 0.943. The molecule has 3 rings (SSSR count). The summed E-state index contributed by atoms with van der Waals surface area (Å²) in [6, 6.07) is 9.57. The number of sulfonamides is 1. The first-order chi connectivity index (χ1) is 10.1. The number of aryl methyl sites for hydroxylation is 1. The van der Waals surface area contributed by atoms with E-state index >= 15 is 0 Å². The van der Waals surface area contributed by atoms with Crippen LogP contribution in [0.4, 0.5) is 0 Å². The summed E-state index contributed by atoms with van der Waals surface area (Å²) in [5, 5.41) is 4.32. The third kappa shape index (κ3) is 3.01. The summed E-state index contributed by atoms with van der Waals surface area (Å²) in [5.74, 6) is 0. The van der Waals surface area contributed by atoms with Crippen LogP contribution in [0.5, 0.6) is 0 Å². The third-order valence-electron chi connectivity index (χ3n) is 3.84. The lowest BCUT2D eigenvalue weighted by atomic mass is 10.3. The van der Waals surface area contributed by atoms with Crippen molar-refractivity contribution < 1.29 is 8.42 Å². The SMILES string of the molecule is Cc1nn(-c2ccccc2)cc1S(=O)(=O)NC1CCCC1. The molecule has 1 aliphatic carbocycles. The van der Waals surface area contributed by atoms with Crippen LogP contribution < -0.4 is 4.72 Å². The second-order valence-electron chi connectivity index (χ2n) is 5.46. The van der Waals surface area contributed by atoms with E-state index in [2.05, 4.69) is 9.82 Å². The molecular weight excluding hydrogens is 286 g/mol. The fourth-order valence-corrected chi connectivity index (χ4v) is 4.22. The number of para-hydroxylation sites is 1. The minimum absolute atomic E-state index is 0.0643. The lowest BCUT2D eigenvalue weighted by molar-refractivity contribution is 0.551. The van der Waals surface area contributed by atoms with Crippen LogP contribution in [-0.2, 0) is 10.0 Å². The standard InChI is InChI=1S/C15H19N3O2S/c1-12-15(21(19,20)17-13-7-5-6-8-13)11-18(16-12)14-9-3-2-4-10-14/h2-4,9-11,13,17H,5-8H2,1H3. The van der Waals surface area contributed by atoms with Gasteiger partial charge in [0.2, 0.25) is 10.0 Å². The van der Waals surface area contributed by atoms with Gasteiger partial charge >= 0.3 is 0 Å². The molecule has 21 heavy (non-hydrogen) atoms. The van der Waals surface area contributed by atoms with Gasteiger partial charge in [-0.3, -0.25) is 0 Å². The smallest absolute Gasteiger partial charge is 0.239 e. The van der Waals surface area contributed by atoms with Gasteiger partial charge in [-0.05, 0) is 31.9 Å². The van der Waals surface area contributed by atoms with Crippen LogP contribution in [0.2, 0.25) is 0 Å². The topological polar surface area (TPSA) is 64.0 Å². The Hall–Kier alpha value is -1.66. The number of aromatic nitrogens is 2. The van der Waals surface area contributed by atoms with Gasteiger partial charge in [-0.25, -0.2) is 17.8 Å². The Balaban J connectivity index is 1.90. The van der Waals surface area contributed by atoms with Crippen molar-refractivity contribution in [3.05, 3.63) is 42.2 Å². The summed E-state index contributed by atoms with van der Waals surface area (Å²) in [7, 11) is -3.49. The molecule has 0 aliphatic heterocycles. The molecule has 0 atom stereocenters. The van der Waals surface area contributed by atoms with Crippen LogP contribution in [0, 0.1) is 6.92 Å². The molecule has 6 heteroatoms. The predicted molar refractivity (Wildman–Crippen MR) is 80.9 cm³/mol. The Morgan fingerprint density at radius 1 is 1.19 bits per heavy atom. The molecule has 1 aliphatic rings. The zero-order valence-electron chi connectivity index (χ0n) is 12.0. The highest BCUT2D eigenvalue weighted by Gasteiger charge is 2.26. The molecule has 0 radical (unpaired) electrons. The Bertz CT molecular complexity index is 717. The van der Waals surface area contributed by atoms with Gasteiger partial charge in [0.1, 0.15) is 4.90 Å². The molecule has 1 aromatic heterocycles. The largest absolute Gasteiger partial charge is 0.244 e. The fraction of sp³-hybridized carbons (Fsp3) is 0.400. The van der Waals surface area contributed by atoms with E-state index in [4.69, 9.17) is 0 Å². The predicted octanol–water partition coefficient (Wildman–Crippen LogP) is 2.40. The molecule has 0 saturated heterocycles. The van der Waals surface area contributed by atoms with Gasteiger partial charge in [0.15, 0.2) is 0 Å². The fourth-order valence-electron chi connectivity index (χ4n) is 2.75. The maximum absolute atomic E-state index is 12.5. The average molecular weight is 305 g/mol. The molecule has 0 amide bonds. The van der Waals surface area contributed by atoms with Crippen molar-refractivity contribution in [2.75, 3.05) is 0 Å². The molecule has 0 spiro atoms. The first kappa shape index (κ1) is 14.3. The highest BCUT2D eigenvalue weighted by atomic mass is 32.2.